The maximum Gasteiger partial charge on any atom is 0.254 e. The fourth-order valence-electron chi connectivity index (χ4n) is 3.23. The molecule has 1 aliphatic rings. The number of likely N-dealkylation sites (tertiary alicyclic amines) is 1. The third kappa shape index (κ3) is 5.85. The Morgan fingerprint density at radius 1 is 1.25 bits per heavy atom. The van der Waals surface area contributed by atoms with Crippen molar-refractivity contribution in [3.63, 3.8) is 0 Å². The number of amides is 2. The van der Waals surface area contributed by atoms with Crippen molar-refractivity contribution in [3.05, 3.63) is 22.2 Å². The average Bonchev–Trinajstić information content (AvgIpc) is 2.72. The van der Waals surface area contributed by atoms with E-state index in [1.807, 2.05) is 6.92 Å². The minimum atomic E-state index is -0.0685. The normalized spacial score (nSPS) is 14.6. The van der Waals surface area contributed by atoms with Crippen molar-refractivity contribution in [2.75, 3.05) is 47.1 Å². The van der Waals surface area contributed by atoms with Gasteiger partial charge in [-0.1, -0.05) is 0 Å². The van der Waals surface area contributed by atoms with Crippen molar-refractivity contribution in [2.24, 2.45) is 5.92 Å². The van der Waals surface area contributed by atoms with E-state index < -0.39 is 0 Å². The molecule has 8 heteroatoms. The second-order valence-electron chi connectivity index (χ2n) is 6.63. The molecule has 0 radical (unpaired) electrons. The third-order valence-corrected chi connectivity index (χ3v) is 5.33. The summed E-state index contributed by atoms with van der Waals surface area (Å²) in [4.78, 5) is 26.9. The average molecular weight is 457 g/mol. The highest BCUT2D eigenvalue weighted by molar-refractivity contribution is 9.10. The molecule has 0 aliphatic carbocycles. The molecule has 0 aromatic heterocycles. The molecule has 1 aliphatic heterocycles. The molecule has 1 fully saturated rings. The van der Waals surface area contributed by atoms with Crippen LogP contribution in [-0.2, 0) is 9.53 Å². The number of hydrogen-bond donors (Lipinski definition) is 1. The summed E-state index contributed by atoms with van der Waals surface area (Å²) in [7, 11) is 3.20. The van der Waals surface area contributed by atoms with Crippen LogP contribution in [0.2, 0.25) is 0 Å². The molecule has 1 saturated heterocycles. The van der Waals surface area contributed by atoms with Crippen molar-refractivity contribution in [2.45, 2.75) is 26.2 Å². The number of nitrogens with one attached hydrogen (secondary N) is 1. The summed E-state index contributed by atoms with van der Waals surface area (Å²) in [6.07, 6.45) is 2.13. The van der Waals surface area contributed by atoms with E-state index in [-0.39, 0.29) is 17.7 Å². The summed E-state index contributed by atoms with van der Waals surface area (Å²) in [6, 6.07) is 3.46. The number of nitrogens with zero attached hydrogens (tertiary/aromatic N) is 1. The van der Waals surface area contributed by atoms with E-state index in [2.05, 4.69) is 21.2 Å². The lowest BCUT2D eigenvalue weighted by atomic mass is 9.95. The molecule has 28 heavy (non-hydrogen) atoms. The van der Waals surface area contributed by atoms with Crippen LogP contribution in [0.4, 0.5) is 0 Å². The van der Waals surface area contributed by atoms with Gasteiger partial charge in [-0.2, -0.15) is 0 Å². The van der Waals surface area contributed by atoms with Gasteiger partial charge in [-0.25, -0.2) is 0 Å². The standard InChI is InChI=1S/C20H29BrN2O5/c1-4-28-18-16(21)12-15(13-17(18)27-3)20(25)23-9-6-14(7-10-23)19(24)22-8-5-11-26-2/h12-14H,4-11H2,1-3H3,(H,22,24). The van der Waals surface area contributed by atoms with Crippen LogP contribution in [0.25, 0.3) is 0 Å². The van der Waals surface area contributed by atoms with Crippen molar-refractivity contribution < 1.29 is 23.8 Å². The lowest BCUT2D eigenvalue weighted by Crippen LogP contribution is -2.43. The van der Waals surface area contributed by atoms with Gasteiger partial charge in [0.05, 0.1) is 18.2 Å². The number of carbonyl (C=O) groups excluding carboxylic acids is 2. The molecule has 2 amide bonds. The number of hydrogen-bond acceptors (Lipinski definition) is 5. The second-order valence-corrected chi connectivity index (χ2v) is 7.48. The zero-order valence-corrected chi connectivity index (χ0v) is 18.3. The first-order valence-corrected chi connectivity index (χ1v) is 10.4. The van der Waals surface area contributed by atoms with Crippen LogP contribution in [0.5, 0.6) is 11.5 Å². The van der Waals surface area contributed by atoms with E-state index in [1.165, 1.54) is 0 Å². The van der Waals surface area contributed by atoms with Gasteiger partial charge in [-0.05, 0) is 54.2 Å². The first-order valence-electron chi connectivity index (χ1n) is 9.58. The first kappa shape index (κ1) is 22.5. The Labute approximate surface area is 174 Å². The SMILES string of the molecule is CCOc1c(Br)cc(C(=O)N2CCC(C(=O)NCCCOC)CC2)cc1OC. The van der Waals surface area contributed by atoms with Gasteiger partial charge in [0, 0.05) is 44.8 Å². The Hall–Kier alpha value is -1.80. The Bertz CT molecular complexity index is 675. The zero-order chi connectivity index (χ0) is 20.5. The van der Waals surface area contributed by atoms with Crippen molar-refractivity contribution in [3.8, 4) is 11.5 Å². The number of methoxy groups -OCH3 is 2. The highest BCUT2D eigenvalue weighted by Crippen LogP contribution is 2.37. The molecule has 0 bridgehead atoms. The minimum Gasteiger partial charge on any atom is -0.493 e. The molecular formula is C20H29BrN2O5. The highest BCUT2D eigenvalue weighted by atomic mass is 79.9. The Kier molecular flexibility index (Phi) is 9.05. The van der Waals surface area contributed by atoms with Gasteiger partial charge >= 0.3 is 0 Å². The lowest BCUT2D eigenvalue weighted by Gasteiger charge is -2.31. The van der Waals surface area contributed by atoms with E-state index in [4.69, 9.17) is 14.2 Å². The van der Waals surface area contributed by atoms with Gasteiger partial charge in [0.2, 0.25) is 5.91 Å². The number of halogens is 1. The quantitative estimate of drug-likeness (QED) is 0.578. The molecule has 0 saturated carbocycles. The van der Waals surface area contributed by atoms with E-state index in [0.29, 0.717) is 67.2 Å². The van der Waals surface area contributed by atoms with Crippen LogP contribution in [-0.4, -0.2) is 63.8 Å². The number of piperidine rings is 1. The van der Waals surface area contributed by atoms with E-state index in [0.717, 1.165) is 6.42 Å². The topological polar surface area (TPSA) is 77.1 Å². The lowest BCUT2D eigenvalue weighted by molar-refractivity contribution is -0.126. The summed E-state index contributed by atoms with van der Waals surface area (Å²) in [5.41, 5.74) is 0.537. The number of rotatable bonds is 9. The molecule has 156 valence electrons. The largest absolute Gasteiger partial charge is 0.493 e. The van der Waals surface area contributed by atoms with E-state index in [1.54, 1.807) is 31.3 Å². The van der Waals surface area contributed by atoms with Crippen LogP contribution < -0.4 is 14.8 Å². The van der Waals surface area contributed by atoms with Gasteiger partial charge in [0.25, 0.3) is 5.91 Å². The molecule has 0 spiro atoms. The fraction of sp³-hybridized carbons (Fsp3) is 0.600. The third-order valence-electron chi connectivity index (χ3n) is 4.74. The molecule has 1 N–H and O–H groups in total. The fourth-order valence-corrected chi connectivity index (χ4v) is 3.78. The number of carbonyl (C=O) groups is 2. The molecule has 1 aromatic carbocycles. The number of benzene rings is 1. The molecule has 0 atom stereocenters. The Balaban J connectivity index is 1.94. The summed E-state index contributed by atoms with van der Waals surface area (Å²) >= 11 is 3.46. The maximum absolute atomic E-state index is 12.9. The van der Waals surface area contributed by atoms with Crippen molar-refractivity contribution in [1.29, 1.82) is 0 Å². The van der Waals surface area contributed by atoms with Crippen molar-refractivity contribution >= 4 is 27.7 Å². The van der Waals surface area contributed by atoms with Crippen LogP contribution in [0.3, 0.4) is 0 Å². The van der Waals surface area contributed by atoms with Crippen LogP contribution in [0.1, 0.15) is 36.5 Å². The summed E-state index contributed by atoms with van der Waals surface area (Å²) in [5, 5.41) is 2.94. The van der Waals surface area contributed by atoms with Gasteiger partial charge in [0.15, 0.2) is 11.5 Å². The predicted octanol–water partition coefficient (Wildman–Crippen LogP) is 2.86. The van der Waals surface area contributed by atoms with E-state index >= 15 is 0 Å². The molecule has 7 nitrogen and oxygen atoms in total. The zero-order valence-electron chi connectivity index (χ0n) is 16.8. The molecule has 1 heterocycles. The monoisotopic (exact) mass is 456 g/mol. The first-order chi connectivity index (χ1) is 13.5. The van der Waals surface area contributed by atoms with Crippen LogP contribution in [0, 0.1) is 5.92 Å². The van der Waals surface area contributed by atoms with E-state index in [9.17, 15) is 9.59 Å². The molecule has 2 rings (SSSR count). The summed E-state index contributed by atoms with van der Waals surface area (Å²) in [6.45, 7) is 4.76. The molecule has 0 unspecified atom stereocenters. The predicted molar refractivity (Wildman–Crippen MR) is 110 cm³/mol. The van der Waals surface area contributed by atoms with Crippen LogP contribution in [0.15, 0.2) is 16.6 Å². The summed E-state index contributed by atoms with van der Waals surface area (Å²) < 4.78 is 16.6. The second kappa shape index (κ2) is 11.3. The van der Waals surface area contributed by atoms with Crippen molar-refractivity contribution in [1.82, 2.24) is 10.2 Å². The van der Waals surface area contributed by atoms with Gasteiger partial charge in [0.1, 0.15) is 0 Å². The summed E-state index contributed by atoms with van der Waals surface area (Å²) in [5.74, 6) is 1.05. The van der Waals surface area contributed by atoms with Gasteiger partial charge in [-0.15, -0.1) is 0 Å². The van der Waals surface area contributed by atoms with Crippen LogP contribution >= 0.6 is 15.9 Å². The van der Waals surface area contributed by atoms with Gasteiger partial charge in [-0.3, -0.25) is 9.59 Å². The maximum atomic E-state index is 12.9. The molecule has 1 aromatic rings. The molecular weight excluding hydrogens is 428 g/mol. The number of ether oxygens (including phenoxy) is 3. The Morgan fingerprint density at radius 3 is 2.57 bits per heavy atom. The smallest absolute Gasteiger partial charge is 0.254 e. The minimum absolute atomic E-state index is 0.0480. The highest BCUT2D eigenvalue weighted by Gasteiger charge is 2.28. The van der Waals surface area contributed by atoms with Gasteiger partial charge < -0.3 is 24.4 Å². The Morgan fingerprint density at radius 2 is 1.96 bits per heavy atom.